The largest absolute Gasteiger partial charge is 0.393 e. The molecule has 0 amide bonds. The van der Waals surface area contributed by atoms with E-state index >= 15 is 0 Å². The van der Waals surface area contributed by atoms with Crippen LogP contribution in [0.3, 0.4) is 0 Å². The van der Waals surface area contributed by atoms with Gasteiger partial charge in [-0.1, -0.05) is 13.8 Å². The minimum Gasteiger partial charge on any atom is -0.393 e. The maximum absolute atomic E-state index is 13.2. The molecule has 2 unspecified atom stereocenters. The molecule has 4 fully saturated rings. The Kier molecular flexibility index (Phi) is 4.50. The first-order valence-electron chi connectivity index (χ1n) is 11.6. The zero-order chi connectivity index (χ0) is 19.5. The maximum atomic E-state index is 13.2. The van der Waals surface area contributed by atoms with Gasteiger partial charge in [0.25, 0.3) is 0 Å². The molecule has 1 heterocycles. The molecule has 1 N–H and O–H groups in total. The van der Waals surface area contributed by atoms with Crippen molar-refractivity contribution in [3.63, 3.8) is 0 Å². The van der Waals surface area contributed by atoms with Crippen LogP contribution in [0.25, 0.3) is 0 Å². The second-order valence-corrected chi connectivity index (χ2v) is 11.0. The van der Waals surface area contributed by atoms with Crippen molar-refractivity contribution in [2.45, 2.75) is 84.3 Å². The van der Waals surface area contributed by atoms with Crippen molar-refractivity contribution in [2.24, 2.45) is 40.4 Å². The van der Waals surface area contributed by atoms with Crippen LogP contribution < -0.4 is 0 Å². The molecule has 4 aliphatic carbocycles. The summed E-state index contributed by atoms with van der Waals surface area (Å²) in [5, 5.41) is 10.2. The number of rotatable bonds is 3. The number of fused-ring (bicyclic) bond motifs is 5. The fourth-order valence-electron chi connectivity index (χ4n) is 8.43. The lowest BCUT2D eigenvalue weighted by Crippen LogP contribution is -2.54. The molecule has 0 saturated heterocycles. The SMILES string of the molecule is C[C@]12CC[C@H]3[C@@H](CCC4CC(O)CC[C@@]43C)[C@@H]1CC[C@@H]2C(=O)Cn1ccnc1. The minimum absolute atomic E-state index is 0.0693. The number of ketones is 1. The number of hydrogen-bond acceptors (Lipinski definition) is 3. The van der Waals surface area contributed by atoms with Crippen LogP contribution in [0, 0.1) is 40.4 Å². The topological polar surface area (TPSA) is 55.1 Å². The summed E-state index contributed by atoms with van der Waals surface area (Å²) in [6.07, 6.45) is 16.0. The molecule has 0 radical (unpaired) electrons. The molecule has 0 aromatic carbocycles. The predicted octanol–water partition coefficient (Wildman–Crippen LogP) is 4.47. The molecular formula is C24H36N2O2. The molecule has 0 bridgehead atoms. The average molecular weight is 385 g/mol. The van der Waals surface area contributed by atoms with Crippen LogP contribution >= 0.6 is 0 Å². The standard InChI is InChI=1S/C24H36N2O2/c1-23-9-7-17(27)13-16(23)3-4-18-19-5-6-21(24(19,2)10-8-20(18)23)22(28)14-26-12-11-25-15-26/h11-12,15-21,27H,3-10,13-14H2,1-2H3/t16?,17?,18-,19-,20-,21+,23-,24-/m0/s1. The number of Topliss-reactive ketones (excluding diaryl/α,β-unsaturated/α-hetero) is 1. The average Bonchev–Trinajstić information content (AvgIpc) is 3.29. The van der Waals surface area contributed by atoms with Crippen LogP contribution in [0.15, 0.2) is 18.7 Å². The van der Waals surface area contributed by atoms with Gasteiger partial charge in [0.2, 0.25) is 0 Å². The molecule has 4 nitrogen and oxygen atoms in total. The Morgan fingerprint density at radius 2 is 1.86 bits per heavy atom. The van der Waals surface area contributed by atoms with Gasteiger partial charge in [0.05, 0.1) is 19.0 Å². The Hall–Kier alpha value is -1.16. The Bertz CT molecular complexity index is 731. The second-order valence-electron chi connectivity index (χ2n) is 11.0. The Morgan fingerprint density at radius 1 is 1.07 bits per heavy atom. The third-order valence-electron chi connectivity index (χ3n) is 9.92. The molecule has 1 aromatic heterocycles. The molecular weight excluding hydrogens is 348 g/mol. The molecule has 154 valence electrons. The predicted molar refractivity (Wildman–Crippen MR) is 108 cm³/mol. The molecule has 0 aliphatic heterocycles. The summed E-state index contributed by atoms with van der Waals surface area (Å²) in [5.41, 5.74) is 0.610. The van der Waals surface area contributed by atoms with Gasteiger partial charge in [-0.15, -0.1) is 0 Å². The van der Waals surface area contributed by atoms with Crippen molar-refractivity contribution in [1.29, 1.82) is 0 Å². The van der Waals surface area contributed by atoms with Crippen molar-refractivity contribution in [1.82, 2.24) is 9.55 Å². The molecule has 0 spiro atoms. The van der Waals surface area contributed by atoms with E-state index in [0.29, 0.717) is 29.6 Å². The van der Waals surface area contributed by atoms with Crippen molar-refractivity contribution in [3.8, 4) is 0 Å². The normalized spacial score (nSPS) is 47.8. The van der Waals surface area contributed by atoms with E-state index in [1.807, 2.05) is 10.8 Å². The zero-order valence-electron chi connectivity index (χ0n) is 17.5. The number of hydrogen-bond donors (Lipinski definition) is 1. The number of carbonyl (C=O) groups excluding carboxylic acids is 1. The third-order valence-corrected chi connectivity index (χ3v) is 9.92. The molecule has 8 atom stereocenters. The van der Waals surface area contributed by atoms with Crippen molar-refractivity contribution in [3.05, 3.63) is 18.7 Å². The lowest BCUT2D eigenvalue weighted by atomic mass is 9.44. The van der Waals surface area contributed by atoms with Gasteiger partial charge in [-0.05, 0) is 92.3 Å². The highest BCUT2D eigenvalue weighted by Gasteiger charge is 2.61. The summed E-state index contributed by atoms with van der Waals surface area (Å²) in [6.45, 7) is 5.47. The van der Waals surface area contributed by atoms with Gasteiger partial charge >= 0.3 is 0 Å². The quantitative estimate of drug-likeness (QED) is 0.836. The number of nitrogens with zero attached hydrogens (tertiary/aromatic N) is 2. The van der Waals surface area contributed by atoms with Crippen molar-refractivity contribution >= 4 is 5.78 Å². The number of aliphatic hydroxyl groups is 1. The van der Waals surface area contributed by atoms with Gasteiger partial charge in [-0.2, -0.15) is 0 Å². The number of aliphatic hydroxyl groups excluding tert-OH is 1. The fraction of sp³-hybridized carbons (Fsp3) is 0.833. The lowest BCUT2D eigenvalue weighted by Gasteiger charge is -2.60. The number of imidazole rings is 1. The van der Waals surface area contributed by atoms with Gasteiger partial charge in [0.15, 0.2) is 5.78 Å². The number of aromatic nitrogens is 2. The van der Waals surface area contributed by atoms with Gasteiger partial charge in [0.1, 0.15) is 0 Å². The zero-order valence-corrected chi connectivity index (χ0v) is 17.5. The molecule has 4 aliphatic rings. The minimum atomic E-state index is -0.0693. The Labute approximate surface area is 169 Å². The van der Waals surface area contributed by atoms with E-state index < -0.39 is 0 Å². The van der Waals surface area contributed by atoms with E-state index in [4.69, 9.17) is 0 Å². The highest BCUT2D eigenvalue weighted by molar-refractivity contribution is 5.82. The fourth-order valence-corrected chi connectivity index (χ4v) is 8.43. The Balaban J connectivity index is 1.36. The third kappa shape index (κ3) is 2.74. The Morgan fingerprint density at radius 3 is 2.64 bits per heavy atom. The first-order chi connectivity index (χ1) is 13.4. The lowest BCUT2D eigenvalue weighted by molar-refractivity contribution is -0.140. The van der Waals surface area contributed by atoms with E-state index in [2.05, 4.69) is 18.8 Å². The van der Waals surface area contributed by atoms with Crippen LogP contribution in [0.5, 0.6) is 0 Å². The van der Waals surface area contributed by atoms with Gasteiger partial charge in [-0.3, -0.25) is 4.79 Å². The van der Waals surface area contributed by atoms with Gasteiger partial charge in [0, 0.05) is 18.3 Å². The van der Waals surface area contributed by atoms with Crippen molar-refractivity contribution < 1.29 is 9.90 Å². The first-order valence-corrected chi connectivity index (χ1v) is 11.6. The van der Waals surface area contributed by atoms with Crippen LogP contribution in [0.4, 0.5) is 0 Å². The monoisotopic (exact) mass is 384 g/mol. The summed E-state index contributed by atoms with van der Waals surface area (Å²) >= 11 is 0. The first kappa shape index (κ1) is 18.8. The molecule has 4 heteroatoms. The van der Waals surface area contributed by atoms with Crippen molar-refractivity contribution in [2.75, 3.05) is 0 Å². The molecule has 1 aromatic rings. The van der Waals surface area contributed by atoms with E-state index in [1.165, 1.54) is 38.5 Å². The molecule has 28 heavy (non-hydrogen) atoms. The molecule has 4 saturated carbocycles. The van der Waals surface area contributed by atoms with Gasteiger partial charge < -0.3 is 9.67 Å². The summed E-state index contributed by atoms with van der Waals surface area (Å²) < 4.78 is 1.93. The number of carbonyl (C=O) groups is 1. The van der Waals surface area contributed by atoms with E-state index in [1.54, 1.807) is 12.5 Å². The van der Waals surface area contributed by atoms with Crippen LogP contribution in [0.2, 0.25) is 0 Å². The maximum Gasteiger partial charge on any atom is 0.156 e. The smallest absolute Gasteiger partial charge is 0.156 e. The summed E-state index contributed by atoms with van der Waals surface area (Å²) in [5.74, 6) is 3.66. The highest BCUT2D eigenvalue weighted by atomic mass is 16.3. The van der Waals surface area contributed by atoms with Crippen LogP contribution in [-0.4, -0.2) is 26.5 Å². The summed E-state index contributed by atoms with van der Waals surface area (Å²) in [7, 11) is 0. The van der Waals surface area contributed by atoms with E-state index in [9.17, 15) is 9.90 Å². The van der Waals surface area contributed by atoms with E-state index in [0.717, 1.165) is 31.1 Å². The van der Waals surface area contributed by atoms with Crippen LogP contribution in [-0.2, 0) is 11.3 Å². The summed E-state index contributed by atoms with van der Waals surface area (Å²) in [4.78, 5) is 17.3. The van der Waals surface area contributed by atoms with E-state index in [-0.39, 0.29) is 17.4 Å². The van der Waals surface area contributed by atoms with Gasteiger partial charge in [-0.25, -0.2) is 4.98 Å². The second kappa shape index (κ2) is 6.68. The molecule has 5 rings (SSSR count). The van der Waals surface area contributed by atoms with Crippen LogP contribution in [0.1, 0.15) is 71.6 Å². The highest BCUT2D eigenvalue weighted by Crippen LogP contribution is 2.67. The summed E-state index contributed by atoms with van der Waals surface area (Å²) in [6, 6.07) is 0.